The Balaban J connectivity index is 0.000000207. The summed E-state index contributed by atoms with van der Waals surface area (Å²) in [5.74, 6) is -2.38. The lowest BCUT2D eigenvalue weighted by Crippen LogP contribution is -2.71. The number of halogens is 1. The average Bonchev–Trinajstić information content (AvgIpc) is 3.75. The summed E-state index contributed by atoms with van der Waals surface area (Å²) in [6.45, 7) is 2.80. The molecule has 4 N–H and O–H groups in total. The molecule has 16 heteroatoms. The van der Waals surface area contributed by atoms with Gasteiger partial charge in [0, 0.05) is 40.9 Å². The van der Waals surface area contributed by atoms with Gasteiger partial charge in [-0.05, 0) is 47.2 Å². The van der Waals surface area contributed by atoms with Crippen LogP contribution >= 0.6 is 34.7 Å². The van der Waals surface area contributed by atoms with E-state index in [1.54, 1.807) is 10.9 Å². The van der Waals surface area contributed by atoms with Gasteiger partial charge >= 0.3 is 12.1 Å². The number of thiophene rings is 1. The fraction of sp³-hybridized carbons (Fsp3) is 0.300. The third-order valence-corrected chi connectivity index (χ3v) is 10.0. The average molecular weight is 688 g/mol. The van der Waals surface area contributed by atoms with Crippen LogP contribution in [0.25, 0.3) is 0 Å². The Morgan fingerprint density at radius 1 is 1.22 bits per heavy atom. The Morgan fingerprint density at radius 2 is 2.02 bits per heavy atom. The number of carbonyl (C=O) groups is 4. The van der Waals surface area contributed by atoms with E-state index in [0.29, 0.717) is 0 Å². The van der Waals surface area contributed by atoms with Gasteiger partial charge in [0.15, 0.2) is 5.76 Å². The lowest BCUT2D eigenvalue weighted by Gasteiger charge is -2.49. The summed E-state index contributed by atoms with van der Waals surface area (Å²) in [6, 6.07) is 12.5. The Kier molecular flexibility index (Phi) is 10.7. The van der Waals surface area contributed by atoms with Gasteiger partial charge in [0.2, 0.25) is 5.71 Å². The van der Waals surface area contributed by atoms with Crippen LogP contribution in [0.5, 0.6) is 0 Å². The minimum absolute atomic E-state index is 0.140. The zero-order valence-electron chi connectivity index (χ0n) is 24.5. The molecular formula is C30H30ClN5O8S2. The molecular weight excluding hydrogens is 658 g/mol. The second kappa shape index (κ2) is 14.9. The van der Waals surface area contributed by atoms with E-state index in [9.17, 15) is 24.3 Å². The zero-order chi connectivity index (χ0) is 32.8. The van der Waals surface area contributed by atoms with Gasteiger partial charge < -0.3 is 30.1 Å². The predicted octanol–water partition coefficient (Wildman–Crippen LogP) is 3.42. The van der Waals surface area contributed by atoms with E-state index in [4.69, 9.17) is 21.8 Å². The van der Waals surface area contributed by atoms with Crippen LogP contribution < -0.4 is 11.1 Å². The number of thioether (sulfide) groups is 1. The number of hydrogen-bond donors (Lipinski definition) is 3. The molecule has 3 aliphatic heterocycles. The quantitative estimate of drug-likeness (QED) is 0.172. The molecule has 1 fully saturated rings. The molecule has 5 heterocycles. The van der Waals surface area contributed by atoms with Crippen LogP contribution in [0.15, 0.2) is 75.0 Å². The standard InChI is InChI=1S/C16H16N4O8S.C14H14ClNS/c1-26-19-9(8-3-2-4-27-8)12(21)18-10-13(22)20-11(15(23)24)7(5-28-16(17)25)6-29-14(10)20;15-13-4-2-1-3-11(13)9-16-7-5-14-12(10-16)6-8-17-14/h2-4,10,14H,5-6H2,1H3,(H2,17,25)(H,18,21)(H,23,24);1-4,6,8H,5,7,9-10H2/b19-9-;/t10-,14-;/m1./s1. The number of ether oxygens (including phenoxy) is 1. The zero-order valence-corrected chi connectivity index (χ0v) is 26.9. The van der Waals surface area contributed by atoms with Crippen LogP contribution in [0.3, 0.4) is 0 Å². The van der Waals surface area contributed by atoms with E-state index < -0.39 is 35.3 Å². The summed E-state index contributed by atoms with van der Waals surface area (Å²) in [4.78, 5) is 57.3. The highest BCUT2D eigenvalue weighted by Gasteiger charge is 2.54. The Labute approximate surface area is 276 Å². The van der Waals surface area contributed by atoms with Gasteiger partial charge in [-0.25, -0.2) is 9.59 Å². The SMILES string of the molecule is CO/N=C(\C(=O)N[C@@H]1C(=O)N2C(C(=O)O)=C(COC(N)=O)CS[C@H]12)c1ccco1.Clc1ccccc1CN1CCc2sccc2C1. The summed E-state index contributed by atoms with van der Waals surface area (Å²) in [6.07, 6.45) is 1.47. The Morgan fingerprint density at radius 3 is 2.72 bits per heavy atom. The van der Waals surface area contributed by atoms with Gasteiger partial charge in [-0.3, -0.25) is 19.4 Å². The number of carboxylic acids is 1. The number of furan rings is 1. The molecule has 0 aliphatic carbocycles. The minimum Gasteiger partial charge on any atom is -0.477 e. The monoisotopic (exact) mass is 687 g/mol. The molecule has 0 radical (unpaired) electrons. The van der Waals surface area contributed by atoms with Crippen LogP contribution in [0, 0.1) is 0 Å². The highest BCUT2D eigenvalue weighted by atomic mass is 35.5. The molecule has 46 heavy (non-hydrogen) atoms. The maximum Gasteiger partial charge on any atom is 0.404 e. The van der Waals surface area contributed by atoms with Gasteiger partial charge in [0.1, 0.15) is 30.8 Å². The summed E-state index contributed by atoms with van der Waals surface area (Å²) in [7, 11) is 1.25. The number of β-lactam (4-membered cyclic amide) rings is 1. The number of primary amides is 1. The first-order valence-electron chi connectivity index (χ1n) is 14.0. The molecule has 2 atom stereocenters. The second-order valence-electron chi connectivity index (χ2n) is 10.2. The van der Waals surface area contributed by atoms with Gasteiger partial charge in [0.05, 0.1) is 6.26 Å². The van der Waals surface area contributed by atoms with E-state index in [2.05, 4.69) is 48.5 Å². The van der Waals surface area contributed by atoms with Crippen molar-refractivity contribution in [3.63, 3.8) is 0 Å². The summed E-state index contributed by atoms with van der Waals surface area (Å²) in [5, 5.41) is 18.1. The Hall–Kier alpha value is -4.31. The van der Waals surface area contributed by atoms with Gasteiger partial charge in [-0.2, -0.15) is 0 Å². The van der Waals surface area contributed by atoms with Crippen molar-refractivity contribution in [1.29, 1.82) is 0 Å². The number of amides is 3. The van der Waals surface area contributed by atoms with E-state index in [0.717, 1.165) is 29.6 Å². The Bertz CT molecular complexity index is 1670. The molecule has 1 saturated heterocycles. The fourth-order valence-corrected chi connectivity index (χ4v) is 7.59. The summed E-state index contributed by atoms with van der Waals surface area (Å²) < 4.78 is 9.79. The van der Waals surface area contributed by atoms with Crippen molar-refractivity contribution in [1.82, 2.24) is 15.1 Å². The predicted molar refractivity (Wildman–Crippen MR) is 171 cm³/mol. The number of carbonyl (C=O) groups excluding carboxylic acids is 3. The summed E-state index contributed by atoms with van der Waals surface area (Å²) >= 11 is 9.29. The molecule has 0 bridgehead atoms. The molecule has 2 aromatic heterocycles. The number of rotatable bonds is 9. The first kappa shape index (κ1) is 33.1. The minimum atomic E-state index is -1.35. The highest BCUT2D eigenvalue weighted by molar-refractivity contribution is 8.00. The largest absolute Gasteiger partial charge is 0.477 e. The number of fused-ring (bicyclic) bond motifs is 2. The number of benzene rings is 1. The van der Waals surface area contributed by atoms with E-state index in [1.807, 2.05) is 23.5 Å². The van der Waals surface area contributed by atoms with Crippen LogP contribution in [-0.4, -0.2) is 81.9 Å². The molecule has 3 aliphatic rings. The molecule has 0 saturated carbocycles. The molecule has 13 nitrogen and oxygen atoms in total. The van der Waals surface area contributed by atoms with Crippen LogP contribution in [0.1, 0.15) is 21.8 Å². The van der Waals surface area contributed by atoms with E-state index in [1.165, 1.54) is 48.7 Å². The lowest BCUT2D eigenvalue weighted by atomic mass is 10.0. The molecule has 6 rings (SSSR count). The molecule has 0 unspecified atom stereocenters. The lowest BCUT2D eigenvalue weighted by molar-refractivity contribution is -0.150. The normalized spacial score (nSPS) is 19.2. The second-order valence-corrected chi connectivity index (χ2v) is 12.8. The number of nitrogens with zero attached hydrogens (tertiary/aromatic N) is 3. The van der Waals surface area contributed by atoms with Crippen LogP contribution in [-0.2, 0) is 43.5 Å². The van der Waals surface area contributed by atoms with Crippen molar-refractivity contribution in [3.05, 3.63) is 92.2 Å². The summed E-state index contributed by atoms with van der Waals surface area (Å²) in [5.41, 5.74) is 7.40. The number of carboxylic acid groups (broad SMARTS) is 1. The number of hydrogen-bond acceptors (Lipinski definition) is 11. The van der Waals surface area contributed by atoms with Crippen LogP contribution in [0.4, 0.5) is 4.79 Å². The molecule has 0 spiro atoms. The van der Waals surface area contributed by atoms with E-state index in [-0.39, 0.29) is 35.1 Å². The van der Waals surface area contributed by atoms with Crippen molar-refractivity contribution >= 4 is 64.3 Å². The van der Waals surface area contributed by atoms with Gasteiger partial charge in [-0.1, -0.05) is 35.0 Å². The first-order valence-corrected chi connectivity index (χ1v) is 16.3. The van der Waals surface area contributed by atoms with Gasteiger partial charge in [-0.15, -0.1) is 23.1 Å². The maximum atomic E-state index is 12.6. The highest BCUT2D eigenvalue weighted by Crippen LogP contribution is 2.40. The van der Waals surface area contributed by atoms with Crippen molar-refractivity contribution < 1.29 is 38.3 Å². The van der Waals surface area contributed by atoms with Crippen LogP contribution in [0.2, 0.25) is 5.02 Å². The maximum absolute atomic E-state index is 12.6. The smallest absolute Gasteiger partial charge is 0.404 e. The molecule has 3 amide bonds. The number of nitrogens with two attached hydrogens (primary N) is 1. The third kappa shape index (κ3) is 7.39. The van der Waals surface area contributed by atoms with Gasteiger partial charge in [0.25, 0.3) is 11.8 Å². The fourth-order valence-electron chi connectivity index (χ4n) is 5.17. The van der Waals surface area contributed by atoms with E-state index >= 15 is 0 Å². The number of oxime groups is 1. The number of nitrogens with one attached hydrogen (secondary N) is 1. The molecule has 3 aromatic rings. The topological polar surface area (TPSA) is 177 Å². The van der Waals surface area contributed by atoms with Crippen molar-refractivity contribution in [3.8, 4) is 0 Å². The van der Waals surface area contributed by atoms with Crippen molar-refractivity contribution in [2.24, 2.45) is 10.9 Å². The van der Waals surface area contributed by atoms with Crippen molar-refractivity contribution in [2.75, 3.05) is 26.0 Å². The number of aliphatic carboxylic acids is 1. The molecule has 1 aromatic carbocycles. The molecule has 242 valence electrons. The first-order chi connectivity index (χ1) is 22.2. The third-order valence-electron chi connectivity index (χ3n) is 7.32. The van der Waals surface area contributed by atoms with Crippen molar-refractivity contribution in [2.45, 2.75) is 30.9 Å².